The highest BCUT2D eigenvalue weighted by atomic mass is 16.5. The lowest BCUT2D eigenvalue weighted by atomic mass is 10.3. The molecule has 102 valence electrons. The zero-order chi connectivity index (χ0) is 14.3. The summed E-state index contributed by atoms with van der Waals surface area (Å²) in [6.07, 6.45) is 0. The van der Waals surface area contributed by atoms with Crippen molar-refractivity contribution in [2.75, 3.05) is 20.2 Å². The quantitative estimate of drug-likeness (QED) is 0.508. The Balaban J connectivity index is 4.59. The second kappa shape index (κ2) is 7.09. The molecule has 0 fully saturated rings. The molecule has 0 saturated heterocycles. The van der Waals surface area contributed by atoms with E-state index in [-0.39, 0.29) is 0 Å². The summed E-state index contributed by atoms with van der Waals surface area (Å²) >= 11 is 0. The molecule has 0 aliphatic heterocycles. The third-order valence-electron chi connectivity index (χ3n) is 1.83. The van der Waals surface area contributed by atoms with Crippen molar-refractivity contribution in [2.45, 2.75) is 13.0 Å². The zero-order valence-corrected chi connectivity index (χ0v) is 9.87. The molecule has 0 aromatic heterocycles. The fraction of sp³-hybridized carbons (Fsp3) is 0.556. The van der Waals surface area contributed by atoms with E-state index in [0.29, 0.717) is 4.90 Å². The highest BCUT2D eigenvalue weighted by Gasteiger charge is 2.23. The van der Waals surface area contributed by atoms with Crippen LogP contribution in [-0.2, 0) is 19.1 Å². The molecule has 0 spiro atoms. The molecule has 3 N–H and O–H groups in total. The fourth-order valence-electron chi connectivity index (χ4n) is 1.04. The van der Waals surface area contributed by atoms with Crippen LogP contribution in [0.15, 0.2) is 0 Å². The number of amides is 2. The van der Waals surface area contributed by atoms with Crippen molar-refractivity contribution in [3.63, 3.8) is 0 Å². The van der Waals surface area contributed by atoms with E-state index in [9.17, 15) is 19.2 Å². The van der Waals surface area contributed by atoms with Crippen LogP contribution in [0.4, 0.5) is 4.79 Å². The number of carboxylic acids is 2. The molecule has 0 aliphatic rings. The van der Waals surface area contributed by atoms with Crippen molar-refractivity contribution in [3.8, 4) is 0 Å². The largest absolute Gasteiger partial charge is 0.480 e. The van der Waals surface area contributed by atoms with Crippen molar-refractivity contribution < 1.29 is 34.1 Å². The second-order valence-electron chi connectivity index (χ2n) is 3.34. The molecule has 0 aromatic rings. The zero-order valence-electron chi connectivity index (χ0n) is 9.87. The minimum absolute atomic E-state index is 0.546. The number of hydrogen-bond donors (Lipinski definition) is 3. The smallest absolute Gasteiger partial charge is 0.328 e. The summed E-state index contributed by atoms with van der Waals surface area (Å²) in [7, 11) is 1.12. The summed E-state index contributed by atoms with van der Waals surface area (Å²) in [6, 6.07) is -1.98. The maximum Gasteiger partial charge on any atom is 0.328 e. The number of aliphatic carboxylic acids is 2. The van der Waals surface area contributed by atoms with Crippen molar-refractivity contribution in [3.05, 3.63) is 0 Å². The second-order valence-corrected chi connectivity index (χ2v) is 3.34. The van der Waals surface area contributed by atoms with E-state index < -0.39 is 43.1 Å². The van der Waals surface area contributed by atoms with Gasteiger partial charge in [0.05, 0.1) is 7.11 Å². The molecule has 1 unspecified atom stereocenters. The van der Waals surface area contributed by atoms with Crippen LogP contribution in [0.1, 0.15) is 6.92 Å². The van der Waals surface area contributed by atoms with Crippen LogP contribution in [0, 0.1) is 0 Å². The van der Waals surface area contributed by atoms with Crippen LogP contribution in [0.25, 0.3) is 0 Å². The van der Waals surface area contributed by atoms with Gasteiger partial charge in [-0.25, -0.2) is 9.59 Å². The number of urea groups is 1. The van der Waals surface area contributed by atoms with E-state index in [1.165, 1.54) is 6.92 Å². The molecule has 1 atom stereocenters. The van der Waals surface area contributed by atoms with E-state index in [0.717, 1.165) is 7.11 Å². The Hall–Kier alpha value is -2.32. The highest BCUT2D eigenvalue weighted by molar-refractivity contribution is 5.87. The van der Waals surface area contributed by atoms with Gasteiger partial charge in [-0.3, -0.25) is 9.59 Å². The van der Waals surface area contributed by atoms with Gasteiger partial charge in [0.1, 0.15) is 19.1 Å². The SMILES string of the molecule is COC(=O)C(C)NC(=O)N(CC(=O)O)CC(=O)O. The monoisotopic (exact) mass is 262 g/mol. The van der Waals surface area contributed by atoms with Gasteiger partial charge in [-0.2, -0.15) is 0 Å². The molecule has 9 heteroatoms. The molecular formula is C9H14N2O7. The summed E-state index contributed by atoms with van der Waals surface area (Å²) in [6.45, 7) is -0.249. The summed E-state index contributed by atoms with van der Waals surface area (Å²) in [5.74, 6) is -3.46. The van der Waals surface area contributed by atoms with Crippen molar-refractivity contribution in [2.24, 2.45) is 0 Å². The molecule has 0 heterocycles. The van der Waals surface area contributed by atoms with Crippen LogP contribution >= 0.6 is 0 Å². The van der Waals surface area contributed by atoms with Crippen molar-refractivity contribution >= 4 is 23.9 Å². The number of rotatable bonds is 6. The van der Waals surface area contributed by atoms with E-state index >= 15 is 0 Å². The first-order valence-electron chi connectivity index (χ1n) is 4.84. The minimum atomic E-state index is -1.36. The molecule has 0 aliphatic carbocycles. The molecule has 0 radical (unpaired) electrons. The molecule has 9 nitrogen and oxygen atoms in total. The molecule has 2 amide bonds. The lowest BCUT2D eigenvalue weighted by Gasteiger charge is -2.21. The summed E-state index contributed by atoms with van der Waals surface area (Å²) in [5, 5.41) is 19.2. The molecule has 0 rings (SSSR count). The number of carbonyl (C=O) groups excluding carboxylic acids is 2. The van der Waals surface area contributed by atoms with Crippen LogP contribution < -0.4 is 5.32 Å². The Morgan fingerprint density at radius 1 is 1.17 bits per heavy atom. The number of nitrogens with zero attached hydrogens (tertiary/aromatic N) is 1. The minimum Gasteiger partial charge on any atom is -0.480 e. The number of methoxy groups -OCH3 is 1. The van der Waals surface area contributed by atoms with E-state index in [1.54, 1.807) is 0 Å². The maximum atomic E-state index is 11.5. The van der Waals surface area contributed by atoms with Crippen LogP contribution in [0.2, 0.25) is 0 Å². The van der Waals surface area contributed by atoms with Gasteiger partial charge in [0, 0.05) is 0 Å². The van der Waals surface area contributed by atoms with Gasteiger partial charge in [0.2, 0.25) is 0 Å². The van der Waals surface area contributed by atoms with Gasteiger partial charge >= 0.3 is 23.9 Å². The average molecular weight is 262 g/mol. The Bertz CT molecular complexity index is 339. The Labute approximate surface area is 102 Å². The average Bonchev–Trinajstić information content (AvgIpc) is 2.25. The van der Waals surface area contributed by atoms with Crippen LogP contribution in [-0.4, -0.2) is 65.3 Å². The first-order chi connectivity index (χ1) is 8.27. The molecule has 18 heavy (non-hydrogen) atoms. The van der Waals surface area contributed by atoms with Crippen LogP contribution in [0.5, 0.6) is 0 Å². The third-order valence-corrected chi connectivity index (χ3v) is 1.83. The number of hydrogen-bond acceptors (Lipinski definition) is 5. The van der Waals surface area contributed by atoms with Gasteiger partial charge in [0.15, 0.2) is 0 Å². The molecule has 0 bridgehead atoms. The summed E-state index contributed by atoms with van der Waals surface area (Å²) < 4.78 is 4.35. The van der Waals surface area contributed by atoms with Crippen molar-refractivity contribution in [1.82, 2.24) is 10.2 Å². The Morgan fingerprint density at radius 2 is 1.61 bits per heavy atom. The maximum absolute atomic E-state index is 11.5. The summed E-state index contributed by atoms with van der Waals surface area (Å²) in [5.41, 5.74) is 0. The van der Waals surface area contributed by atoms with Crippen molar-refractivity contribution in [1.29, 1.82) is 0 Å². The molecule has 0 saturated carbocycles. The third kappa shape index (κ3) is 5.68. The van der Waals surface area contributed by atoms with E-state index in [1.807, 2.05) is 0 Å². The Morgan fingerprint density at radius 3 is 1.94 bits per heavy atom. The normalized spacial score (nSPS) is 11.2. The highest BCUT2D eigenvalue weighted by Crippen LogP contribution is 1.94. The van der Waals surface area contributed by atoms with Gasteiger partial charge in [-0.15, -0.1) is 0 Å². The predicted molar refractivity (Wildman–Crippen MR) is 56.9 cm³/mol. The topological polar surface area (TPSA) is 133 Å². The Kier molecular flexibility index (Phi) is 6.18. The molecule has 0 aromatic carbocycles. The predicted octanol–water partition coefficient (Wildman–Crippen LogP) is -1.27. The van der Waals surface area contributed by atoms with Crippen LogP contribution in [0.3, 0.4) is 0 Å². The van der Waals surface area contributed by atoms with E-state index in [2.05, 4.69) is 10.1 Å². The van der Waals surface area contributed by atoms with Gasteiger partial charge in [-0.1, -0.05) is 0 Å². The first-order valence-corrected chi connectivity index (χ1v) is 4.84. The molecular weight excluding hydrogens is 248 g/mol. The number of ether oxygens (including phenoxy) is 1. The van der Waals surface area contributed by atoms with Gasteiger partial charge < -0.3 is 25.2 Å². The summed E-state index contributed by atoms with van der Waals surface area (Å²) in [4.78, 5) is 44.0. The first kappa shape index (κ1) is 15.7. The van der Waals surface area contributed by atoms with Gasteiger partial charge in [0.25, 0.3) is 0 Å². The fourth-order valence-corrected chi connectivity index (χ4v) is 1.04. The number of carbonyl (C=O) groups is 4. The van der Waals surface area contributed by atoms with Gasteiger partial charge in [-0.05, 0) is 6.92 Å². The van der Waals surface area contributed by atoms with E-state index in [4.69, 9.17) is 10.2 Å². The lowest BCUT2D eigenvalue weighted by molar-refractivity contribution is -0.142. The number of nitrogens with one attached hydrogen (secondary N) is 1. The standard InChI is InChI=1S/C9H14N2O7/c1-5(8(16)18-2)10-9(17)11(3-6(12)13)4-7(14)15/h5H,3-4H2,1-2H3,(H,10,17)(H,12,13)(H,14,15). The lowest BCUT2D eigenvalue weighted by Crippen LogP contribution is -2.50. The number of carboxylic acid groups (broad SMARTS) is 2. The number of esters is 1.